The molecule has 3 aromatic rings. The SMILES string of the molecule is COC(=O)Oc1cc2[nH]cc(CSCCC3CC(c4ccccc4)=CCN3)c2cc1O. The minimum absolute atomic E-state index is 0.0750. The summed E-state index contributed by atoms with van der Waals surface area (Å²) in [4.78, 5) is 14.5. The molecule has 0 saturated carbocycles. The summed E-state index contributed by atoms with van der Waals surface area (Å²) in [6, 6.07) is 14.3. The van der Waals surface area contributed by atoms with E-state index in [0.29, 0.717) is 6.04 Å². The number of rotatable bonds is 7. The van der Waals surface area contributed by atoms with Crippen LogP contribution >= 0.6 is 11.8 Å². The number of nitrogens with one attached hydrogen (secondary N) is 2. The van der Waals surface area contributed by atoms with Gasteiger partial charge in [0.2, 0.25) is 0 Å². The molecule has 2 heterocycles. The van der Waals surface area contributed by atoms with Crippen molar-refractivity contribution in [2.75, 3.05) is 19.4 Å². The van der Waals surface area contributed by atoms with Crippen LogP contribution in [-0.4, -0.2) is 41.7 Å². The van der Waals surface area contributed by atoms with Gasteiger partial charge in [-0.05, 0) is 41.4 Å². The Kier molecular flexibility index (Phi) is 6.84. The van der Waals surface area contributed by atoms with Crippen molar-refractivity contribution >= 4 is 34.4 Å². The van der Waals surface area contributed by atoms with Crippen LogP contribution in [0.2, 0.25) is 0 Å². The lowest BCUT2D eigenvalue weighted by atomic mass is 9.94. The molecule has 1 unspecified atom stereocenters. The number of benzene rings is 2. The maximum absolute atomic E-state index is 11.3. The van der Waals surface area contributed by atoms with Gasteiger partial charge in [-0.15, -0.1) is 0 Å². The number of methoxy groups -OCH3 is 1. The molecule has 2 aromatic carbocycles. The first kappa shape index (κ1) is 21.3. The van der Waals surface area contributed by atoms with Crippen LogP contribution in [0.5, 0.6) is 11.5 Å². The van der Waals surface area contributed by atoms with E-state index in [1.165, 1.54) is 18.2 Å². The fourth-order valence-corrected chi connectivity index (χ4v) is 4.85. The monoisotopic (exact) mass is 438 g/mol. The molecule has 6 nitrogen and oxygen atoms in total. The Hall–Kier alpha value is -2.90. The predicted octanol–water partition coefficient (Wildman–Crippen LogP) is 5.09. The van der Waals surface area contributed by atoms with E-state index in [1.807, 2.05) is 18.0 Å². The fraction of sp³-hybridized carbons (Fsp3) is 0.292. The van der Waals surface area contributed by atoms with E-state index in [-0.39, 0.29) is 11.5 Å². The van der Waals surface area contributed by atoms with Crippen LogP contribution < -0.4 is 10.1 Å². The molecule has 0 spiro atoms. The van der Waals surface area contributed by atoms with E-state index in [9.17, 15) is 9.90 Å². The van der Waals surface area contributed by atoms with Gasteiger partial charge < -0.3 is 24.9 Å². The first-order chi connectivity index (χ1) is 15.1. The zero-order valence-electron chi connectivity index (χ0n) is 17.4. The number of aromatic amines is 1. The molecule has 162 valence electrons. The first-order valence-electron chi connectivity index (χ1n) is 10.3. The third-order valence-corrected chi connectivity index (χ3v) is 6.48. The second-order valence-electron chi connectivity index (χ2n) is 7.48. The highest BCUT2D eigenvalue weighted by molar-refractivity contribution is 7.98. The van der Waals surface area contributed by atoms with Crippen molar-refractivity contribution in [2.45, 2.75) is 24.6 Å². The van der Waals surface area contributed by atoms with Crippen molar-refractivity contribution in [1.29, 1.82) is 0 Å². The number of H-pyrrole nitrogens is 1. The number of hydrogen-bond acceptors (Lipinski definition) is 6. The Morgan fingerprint density at radius 2 is 2.10 bits per heavy atom. The van der Waals surface area contributed by atoms with Crippen LogP contribution in [0, 0.1) is 0 Å². The zero-order valence-corrected chi connectivity index (χ0v) is 18.2. The molecule has 0 aliphatic carbocycles. The molecule has 31 heavy (non-hydrogen) atoms. The van der Waals surface area contributed by atoms with Crippen molar-refractivity contribution in [3.8, 4) is 11.5 Å². The lowest BCUT2D eigenvalue weighted by Crippen LogP contribution is -2.33. The minimum Gasteiger partial charge on any atom is -0.504 e. The highest BCUT2D eigenvalue weighted by Gasteiger charge is 2.16. The van der Waals surface area contributed by atoms with Crippen LogP contribution in [0.15, 0.2) is 54.7 Å². The number of hydrogen-bond donors (Lipinski definition) is 3. The molecule has 1 atom stereocenters. The highest BCUT2D eigenvalue weighted by Crippen LogP contribution is 2.34. The highest BCUT2D eigenvalue weighted by atomic mass is 32.2. The second-order valence-corrected chi connectivity index (χ2v) is 8.59. The molecule has 4 rings (SSSR count). The van der Waals surface area contributed by atoms with Gasteiger partial charge in [-0.25, -0.2) is 4.79 Å². The Morgan fingerprint density at radius 1 is 1.26 bits per heavy atom. The van der Waals surface area contributed by atoms with Gasteiger partial charge in [0.25, 0.3) is 0 Å². The van der Waals surface area contributed by atoms with Gasteiger partial charge in [-0.1, -0.05) is 36.4 Å². The molecule has 0 amide bonds. The number of aromatic nitrogens is 1. The topological polar surface area (TPSA) is 83.6 Å². The largest absolute Gasteiger partial charge is 0.513 e. The average Bonchev–Trinajstić information content (AvgIpc) is 3.19. The Labute approximate surface area is 185 Å². The van der Waals surface area contributed by atoms with Crippen molar-refractivity contribution in [3.05, 3.63) is 65.9 Å². The maximum Gasteiger partial charge on any atom is 0.513 e. The number of fused-ring (bicyclic) bond motifs is 1. The van der Waals surface area contributed by atoms with Crippen molar-refractivity contribution in [2.24, 2.45) is 0 Å². The maximum atomic E-state index is 11.3. The molecule has 0 fully saturated rings. The lowest BCUT2D eigenvalue weighted by Gasteiger charge is -2.24. The summed E-state index contributed by atoms with van der Waals surface area (Å²) in [5, 5.41) is 14.7. The number of carbonyl (C=O) groups excluding carboxylic acids is 1. The number of phenolic OH excluding ortho intramolecular Hbond substituents is 1. The Morgan fingerprint density at radius 3 is 2.90 bits per heavy atom. The smallest absolute Gasteiger partial charge is 0.504 e. The number of ether oxygens (including phenoxy) is 2. The summed E-state index contributed by atoms with van der Waals surface area (Å²) in [7, 11) is 1.23. The molecule has 3 N–H and O–H groups in total. The molecule has 1 aliphatic heterocycles. The minimum atomic E-state index is -0.862. The number of carbonyl (C=O) groups is 1. The van der Waals surface area contributed by atoms with Gasteiger partial charge in [0.05, 0.1) is 7.11 Å². The van der Waals surface area contributed by atoms with Gasteiger partial charge >= 0.3 is 6.16 Å². The number of aromatic hydroxyl groups is 1. The first-order valence-corrected chi connectivity index (χ1v) is 11.4. The zero-order chi connectivity index (χ0) is 21.6. The van der Waals surface area contributed by atoms with Crippen molar-refractivity contribution in [3.63, 3.8) is 0 Å². The average molecular weight is 439 g/mol. The van der Waals surface area contributed by atoms with E-state index in [4.69, 9.17) is 4.74 Å². The Bertz CT molecular complexity index is 1080. The standard InChI is InChI=1S/C24H26N2O4S/c1-29-24(28)30-23-13-21-20(12-22(23)27)18(14-26-21)15-31-10-8-19-11-17(7-9-25-19)16-5-3-2-4-6-16/h2-7,12-14,19,25-27H,8-11,15H2,1H3. The van der Waals surface area contributed by atoms with Gasteiger partial charge in [0.15, 0.2) is 11.5 Å². The van der Waals surface area contributed by atoms with Gasteiger partial charge in [-0.2, -0.15) is 11.8 Å². The van der Waals surface area contributed by atoms with Gasteiger partial charge in [-0.3, -0.25) is 0 Å². The normalized spacial score (nSPS) is 16.2. The molecule has 1 aliphatic rings. The fourth-order valence-electron chi connectivity index (χ4n) is 3.80. The van der Waals surface area contributed by atoms with Crippen molar-refractivity contribution in [1.82, 2.24) is 10.3 Å². The second kappa shape index (κ2) is 9.94. The molecule has 7 heteroatoms. The lowest BCUT2D eigenvalue weighted by molar-refractivity contribution is 0.120. The van der Waals surface area contributed by atoms with E-state index in [0.717, 1.165) is 47.4 Å². The van der Waals surface area contributed by atoms with Gasteiger partial charge in [0, 0.05) is 41.5 Å². The van der Waals surface area contributed by atoms with Crippen LogP contribution in [0.3, 0.4) is 0 Å². The molecule has 0 saturated heterocycles. The summed E-state index contributed by atoms with van der Waals surface area (Å²) < 4.78 is 9.45. The predicted molar refractivity (Wildman–Crippen MR) is 125 cm³/mol. The molecule has 0 radical (unpaired) electrons. The Balaban J connectivity index is 1.30. The summed E-state index contributed by atoms with van der Waals surface area (Å²) in [6.45, 7) is 0.914. The van der Waals surface area contributed by atoms with Crippen LogP contribution in [-0.2, 0) is 10.5 Å². The molecule has 0 bridgehead atoms. The number of thioether (sulfide) groups is 1. The van der Waals surface area contributed by atoms with Crippen LogP contribution in [0.25, 0.3) is 16.5 Å². The van der Waals surface area contributed by atoms with E-state index in [2.05, 4.69) is 51.4 Å². The molecule has 1 aromatic heterocycles. The number of phenols is 1. The third-order valence-electron chi connectivity index (χ3n) is 5.44. The summed E-state index contributed by atoms with van der Waals surface area (Å²) in [5.41, 5.74) is 4.66. The summed E-state index contributed by atoms with van der Waals surface area (Å²) >= 11 is 1.87. The van der Waals surface area contributed by atoms with Crippen LogP contribution in [0.1, 0.15) is 24.0 Å². The summed E-state index contributed by atoms with van der Waals surface area (Å²) in [6.07, 6.45) is 5.51. The molecular weight excluding hydrogens is 412 g/mol. The third kappa shape index (κ3) is 5.24. The summed E-state index contributed by atoms with van der Waals surface area (Å²) in [5.74, 6) is 1.87. The quantitative estimate of drug-likeness (QED) is 0.271. The molecular formula is C24H26N2O4S. The van der Waals surface area contributed by atoms with E-state index in [1.54, 1.807) is 12.1 Å². The van der Waals surface area contributed by atoms with Crippen LogP contribution in [0.4, 0.5) is 4.79 Å². The van der Waals surface area contributed by atoms with E-state index >= 15 is 0 Å². The van der Waals surface area contributed by atoms with E-state index < -0.39 is 6.16 Å². The van der Waals surface area contributed by atoms with Gasteiger partial charge in [0.1, 0.15) is 0 Å². The van der Waals surface area contributed by atoms with Crippen molar-refractivity contribution < 1.29 is 19.4 Å².